The molecule has 1 aromatic rings. The van der Waals surface area contributed by atoms with E-state index in [-0.39, 0.29) is 5.91 Å². The normalized spacial score (nSPS) is 12.5. The molecule has 0 bridgehead atoms. The Labute approximate surface area is 123 Å². The summed E-state index contributed by atoms with van der Waals surface area (Å²) < 4.78 is 0. The monoisotopic (exact) mass is 302 g/mol. The van der Waals surface area contributed by atoms with E-state index < -0.39 is 11.1 Å². The quantitative estimate of drug-likeness (QED) is 0.847. The lowest BCUT2D eigenvalue weighted by atomic mass is 9.86. The molecule has 0 fully saturated rings. The molecule has 0 saturated carbocycles. The van der Waals surface area contributed by atoms with Gasteiger partial charge in [-0.15, -0.1) is 23.1 Å². The van der Waals surface area contributed by atoms with Crippen LogP contribution >= 0.6 is 23.1 Å². The van der Waals surface area contributed by atoms with Crippen LogP contribution in [0.2, 0.25) is 0 Å². The molecule has 0 saturated heterocycles. The summed E-state index contributed by atoms with van der Waals surface area (Å²) in [4.78, 5) is 16.2. The van der Waals surface area contributed by atoms with E-state index >= 15 is 0 Å². The number of nitrogens with zero attached hydrogens (tertiary/aromatic N) is 1. The van der Waals surface area contributed by atoms with Crippen molar-refractivity contribution in [2.24, 2.45) is 0 Å². The first-order valence-electron chi connectivity index (χ1n) is 6.14. The molecule has 0 aliphatic heterocycles. The molecule has 1 aromatic heterocycles. The Morgan fingerprint density at radius 3 is 2.58 bits per heavy atom. The first kappa shape index (κ1) is 16.5. The maximum absolute atomic E-state index is 11.8. The van der Waals surface area contributed by atoms with Gasteiger partial charge in [0.25, 0.3) is 0 Å². The van der Waals surface area contributed by atoms with E-state index in [1.54, 1.807) is 25.2 Å². The topological polar surface area (TPSA) is 62.2 Å². The van der Waals surface area contributed by atoms with Gasteiger partial charge in [0.15, 0.2) is 0 Å². The Kier molecular flexibility index (Phi) is 5.41. The molecule has 0 spiro atoms. The fraction of sp³-hybridized carbons (Fsp3) is 0.692. The van der Waals surface area contributed by atoms with Crippen molar-refractivity contribution in [3.63, 3.8) is 0 Å². The Bertz CT molecular complexity index is 436. The minimum absolute atomic E-state index is 0.0657. The number of carbonyl (C=O) groups is 1. The van der Waals surface area contributed by atoms with E-state index in [0.29, 0.717) is 5.75 Å². The van der Waals surface area contributed by atoms with Gasteiger partial charge in [0.1, 0.15) is 0 Å². The zero-order valence-electron chi connectivity index (χ0n) is 12.1. The van der Waals surface area contributed by atoms with Crippen LogP contribution in [0.4, 0.5) is 0 Å². The third kappa shape index (κ3) is 5.12. The summed E-state index contributed by atoms with van der Waals surface area (Å²) in [5, 5.41) is 15.9. The summed E-state index contributed by atoms with van der Waals surface area (Å²) in [5.74, 6) is 1.04. The van der Waals surface area contributed by atoms with Gasteiger partial charge in [-0.25, -0.2) is 4.98 Å². The van der Waals surface area contributed by atoms with Crippen molar-refractivity contribution in [1.82, 2.24) is 10.3 Å². The molecule has 0 aliphatic rings. The number of aliphatic hydroxyl groups is 1. The summed E-state index contributed by atoms with van der Waals surface area (Å²) in [6.07, 6.45) is 0. The molecule has 0 aromatic carbocycles. The van der Waals surface area contributed by atoms with E-state index in [9.17, 15) is 9.90 Å². The van der Waals surface area contributed by atoms with Crippen molar-refractivity contribution < 1.29 is 9.90 Å². The van der Waals surface area contributed by atoms with Gasteiger partial charge in [-0.2, -0.15) is 0 Å². The van der Waals surface area contributed by atoms with Crippen LogP contribution in [0.25, 0.3) is 0 Å². The van der Waals surface area contributed by atoms with E-state index in [1.165, 1.54) is 11.8 Å². The second kappa shape index (κ2) is 6.24. The molecule has 19 heavy (non-hydrogen) atoms. The smallest absolute Gasteiger partial charge is 0.230 e. The van der Waals surface area contributed by atoms with Gasteiger partial charge in [-0.1, -0.05) is 0 Å². The Balaban J connectivity index is 2.36. The van der Waals surface area contributed by atoms with Crippen molar-refractivity contribution >= 4 is 29.0 Å². The van der Waals surface area contributed by atoms with E-state index in [4.69, 9.17) is 0 Å². The van der Waals surface area contributed by atoms with Crippen LogP contribution in [0.1, 0.15) is 38.4 Å². The number of aromatic nitrogens is 1. The van der Waals surface area contributed by atoms with E-state index in [0.717, 1.165) is 16.5 Å². The molecule has 0 unspecified atom stereocenters. The number of amides is 1. The third-order valence-corrected chi connectivity index (χ3v) is 4.92. The highest BCUT2D eigenvalue weighted by Crippen LogP contribution is 2.21. The van der Waals surface area contributed by atoms with Crippen LogP contribution in [-0.4, -0.2) is 32.9 Å². The molecule has 1 heterocycles. The van der Waals surface area contributed by atoms with Crippen molar-refractivity contribution in [3.05, 3.63) is 16.1 Å². The fourth-order valence-corrected chi connectivity index (χ4v) is 2.70. The molecular weight excluding hydrogens is 280 g/mol. The second-order valence-electron chi connectivity index (χ2n) is 5.58. The number of hydrogen-bond donors (Lipinski definition) is 2. The number of rotatable bonds is 6. The molecular formula is C13H22N2O2S2. The molecule has 6 heteroatoms. The van der Waals surface area contributed by atoms with Gasteiger partial charge in [-0.3, -0.25) is 4.79 Å². The lowest BCUT2D eigenvalue weighted by molar-refractivity contribution is -0.123. The maximum atomic E-state index is 11.8. The Hall–Kier alpha value is -0.590. The maximum Gasteiger partial charge on any atom is 0.230 e. The average Bonchev–Trinajstić information content (AvgIpc) is 2.61. The Morgan fingerprint density at radius 2 is 2.11 bits per heavy atom. The number of aryl methyl sites for hydroxylation is 1. The highest BCUT2D eigenvalue weighted by molar-refractivity contribution is 7.99. The minimum Gasteiger partial charge on any atom is -0.388 e. The highest BCUT2D eigenvalue weighted by atomic mass is 32.2. The van der Waals surface area contributed by atoms with Crippen LogP contribution in [0.3, 0.4) is 0 Å². The fourth-order valence-electron chi connectivity index (χ4n) is 1.26. The lowest BCUT2D eigenvalue weighted by Crippen LogP contribution is -2.58. The molecule has 0 aliphatic carbocycles. The number of carbonyl (C=O) groups excluding carboxylic acids is 1. The molecule has 0 atom stereocenters. The zero-order valence-corrected chi connectivity index (χ0v) is 13.7. The number of nitrogens with one attached hydrogen (secondary N) is 1. The third-order valence-electron chi connectivity index (χ3n) is 3.13. The largest absolute Gasteiger partial charge is 0.388 e. The first-order valence-corrected chi connectivity index (χ1v) is 8.17. The van der Waals surface area contributed by atoms with Crippen molar-refractivity contribution in [3.8, 4) is 0 Å². The number of thioether (sulfide) groups is 1. The van der Waals surface area contributed by atoms with Crippen molar-refractivity contribution in [2.75, 3.05) is 5.75 Å². The van der Waals surface area contributed by atoms with E-state index in [1.807, 2.05) is 26.2 Å². The average molecular weight is 302 g/mol. The van der Waals surface area contributed by atoms with Gasteiger partial charge in [0, 0.05) is 11.1 Å². The van der Waals surface area contributed by atoms with Crippen LogP contribution < -0.4 is 5.32 Å². The molecule has 1 amide bonds. The Morgan fingerprint density at radius 1 is 1.47 bits per heavy atom. The van der Waals surface area contributed by atoms with Crippen molar-refractivity contribution in [1.29, 1.82) is 0 Å². The standard InChI is InChI=1S/C13H22N2O2S2/c1-9-14-10(7-19-9)6-18-8-11(16)15-12(2,3)13(4,5)17/h7,17H,6,8H2,1-5H3,(H,15,16). The first-order chi connectivity index (χ1) is 8.62. The lowest BCUT2D eigenvalue weighted by Gasteiger charge is -2.37. The van der Waals surface area contributed by atoms with Gasteiger partial charge in [0.2, 0.25) is 5.91 Å². The summed E-state index contributed by atoms with van der Waals surface area (Å²) in [6.45, 7) is 8.99. The second-order valence-corrected chi connectivity index (χ2v) is 7.63. The van der Waals surface area contributed by atoms with Gasteiger partial charge in [0.05, 0.1) is 27.6 Å². The molecule has 0 radical (unpaired) electrons. The van der Waals surface area contributed by atoms with Crippen molar-refractivity contribution in [2.45, 2.75) is 51.5 Å². The van der Waals surface area contributed by atoms with Gasteiger partial charge >= 0.3 is 0 Å². The predicted molar refractivity (Wildman–Crippen MR) is 81.5 cm³/mol. The molecule has 1 rings (SSSR count). The number of thiazole rings is 1. The van der Waals surface area contributed by atoms with Crippen LogP contribution in [0.15, 0.2) is 5.38 Å². The van der Waals surface area contributed by atoms with E-state index in [2.05, 4.69) is 10.3 Å². The van der Waals surface area contributed by atoms with Crippen LogP contribution in [0.5, 0.6) is 0 Å². The van der Waals surface area contributed by atoms with Crippen LogP contribution in [0, 0.1) is 6.92 Å². The highest BCUT2D eigenvalue weighted by Gasteiger charge is 2.36. The SMILES string of the molecule is Cc1nc(CSCC(=O)NC(C)(C)C(C)(C)O)cs1. The van der Waals surface area contributed by atoms with Gasteiger partial charge < -0.3 is 10.4 Å². The summed E-state index contributed by atoms with van der Waals surface area (Å²) in [6, 6.07) is 0. The minimum atomic E-state index is -0.959. The summed E-state index contributed by atoms with van der Waals surface area (Å²) in [5.41, 5.74) is -0.594. The summed E-state index contributed by atoms with van der Waals surface area (Å²) >= 11 is 3.15. The molecule has 108 valence electrons. The molecule has 4 nitrogen and oxygen atoms in total. The molecule has 2 N–H and O–H groups in total. The van der Waals surface area contributed by atoms with Gasteiger partial charge in [-0.05, 0) is 34.6 Å². The van der Waals surface area contributed by atoms with Crippen LogP contribution in [-0.2, 0) is 10.5 Å². The summed E-state index contributed by atoms with van der Waals surface area (Å²) in [7, 11) is 0. The zero-order chi connectivity index (χ0) is 14.7. The number of hydrogen-bond acceptors (Lipinski definition) is 5. The predicted octanol–water partition coefficient (Wildman–Crippen LogP) is 2.35.